The molecule has 2 N–H and O–H groups in total. The first-order chi connectivity index (χ1) is 6.71. The SMILES string of the molecule is COCCCS(=O)(=O)NC(C)(C)C(=O)O. The van der Waals surface area contributed by atoms with E-state index in [1.54, 1.807) is 0 Å². The molecular weight excluding hydrogens is 222 g/mol. The molecule has 0 spiro atoms. The van der Waals surface area contributed by atoms with Crippen molar-refractivity contribution in [3.63, 3.8) is 0 Å². The lowest BCUT2D eigenvalue weighted by atomic mass is 10.1. The minimum absolute atomic E-state index is 0.141. The van der Waals surface area contributed by atoms with Crippen LogP contribution in [0.4, 0.5) is 0 Å². The number of rotatable bonds is 7. The van der Waals surface area contributed by atoms with E-state index in [1.165, 1.54) is 21.0 Å². The van der Waals surface area contributed by atoms with Crippen molar-refractivity contribution in [2.24, 2.45) is 0 Å². The van der Waals surface area contributed by atoms with Crippen LogP contribution in [0.2, 0.25) is 0 Å². The Balaban J connectivity index is 4.32. The topological polar surface area (TPSA) is 92.7 Å². The zero-order chi connectivity index (χ0) is 12.1. The second-order valence-electron chi connectivity index (χ2n) is 3.70. The Morgan fingerprint density at radius 1 is 1.47 bits per heavy atom. The molecular formula is C8H17NO5S. The molecule has 0 atom stereocenters. The zero-order valence-corrected chi connectivity index (χ0v) is 9.93. The summed E-state index contributed by atoms with van der Waals surface area (Å²) in [5.74, 6) is -1.35. The molecule has 0 aliphatic heterocycles. The van der Waals surface area contributed by atoms with Gasteiger partial charge in [0.1, 0.15) is 5.54 Å². The maximum absolute atomic E-state index is 11.4. The molecule has 0 amide bonds. The molecule has 0 rings (SSSR count). The second kappa shape index (κ2) is 5.43. The number of hydrogen-bond acceptors (Lipinski definition) is 4. The van der Waals surface area contributed by atoms with Crippen LogP contribution in [0, 0.1) is 0 Å². The summed E-state index contributed by atoms with van der Waals surface area (Å²) in [6, 6.07) is 0. The van der Waals surface area contributed by atoms with E-state index < -0.39 is 21.5 Å². The number of carboxylic acids is 1. The fraction of sp³-hybridized carbons (Fsp3) is 0.875. The quantitative estimate of drug-likeness (QED) is 0.600. The lowest BCUT2D eigenvalue weighted by Gasteiger charge is -2.20. The van der Waals surface area contributed by atoms with E-state index in [0.717, 1.165) is 0 Å². The number of ether oxygens (including phenoxy) is 1. The monoisotopic (exact) mass is 239 g/mol. The standard InChI is InChI=1S/C8H17NO5S/c1-8(2,7(10)11)9-15(12,13)6-4-5-14-3/h9H,4-6H2,1-3H3,(H,10,11). The Labute approximate surface area is 89.7 Å². The Hall–Kier alpha value is -0.660. The highest BCUT2D eigenvalue weighted by atomic mass is 32.2. The number of nitrogens with one attached hydrogen (secondary N) is 1. The van der Waals surface area contributed by atoms with Crippen molar-refractivity contribution in [2.75, 3.05) is 19.5 Å². The van der Waals surface area contributed by atoms with E-state index in [-0.39, 0.29) is 5.75 Å². The van der Waals surface area contributed by atoms with E-state index in [0.29, 0.717) is 13.0 Å². The van der Waals surface area contributed by atoms with Crippen LogP contribution in [0.25, 0.3) is 0 Å². The van der Waals surface area contributed by atoms with Crippen molar-refractivity contribution in [3.8, 4) is 0 Å². The summed E-state index contributed by atoms with van der Waals surface area (Å²) >= 11 is 0. The number of carboxylic acid groups (broad SMARTS) is 1. The van der Waals surface area contributed by atoms with Crippen LogP contribution in [0.15, 0.2) is 0 Å². The number of aliphatic carboxylic acids is 1. The molecule has 6 nitrogen and oxygen atoms in total. The molecule has 15 heavy (non-hydrogen) atoms. The van der Waals surface area contributed by atoms with Gasteiger partial charge in [0.05, 0.1) is 5.75 Å². The van der Waals surface area contributed by atoms with E-state index in [9.17, 15) is 13.2 Å². The largest absolute Gasteiger partial charge is 0.480 e. The maximum atomic E-state index is 11.4. The molecule has 7 heteroatoms. The summed E-state index contributed by atoms with van der Waals surface area (Å²) < 4.78 is 29.6. The second-order valence-corrected chi connectivity index (χ2v) is 5.54. The first kappa shape index (κ1) is 14.3. The van der Waals surface area contributed by atoms with Crippen molar-refractivity contribution in [1.82, 2.24) is 4.72 Å². The van der Waals surface area contributed by atoms with Crippen molar-refractivity contribution in [1.29, 1.82) is 0 Å². The molecule has 0 heterocycles. The molecule has 0 aromatic rings. The van der Waals surface area contributed by atoms with E-state index >= 15 is 0 Å². The Morgan fingerprint density at radius 3 is 2.40 bits per heavy atom. The van der Waals surface area contributed by atoms with Gasteiger partial charge in [0.2, 0.25) is 10.0 Å². The smallest absolute Gasteiger partial charge is 0.324 e. The maximum Gasteiger partial charge on any atom is 0.324 e. The van der Waals surface area contributed by atoms with Gasteiger partial charge in [-0.1, -0.05) is 0 Å². The summed E-state index contributed by atoms with van der Waals surface area (Å²) in [4.78, 5) is 10.7. The van der Waals surface area contributed by atoms with Gasteiger partial charge in [0.25, 0.3) is 0 Å². The third-order valence-corrected chi connectivity index (χ3v) is 3.35. The van der Waals surface area contributed by atoms with Crippen molar-refractivity contribution in [2.45, 2.75) is 25.8 Å². The van der Waals surface area contributed by atoms with Crippen LogP contribution in [0.5, 0.6) is 0 Å². The Kier molecular flexibility index (Phi) is 5.19. The highest BCUT2D eigenvalue weighted by molar-refractivity contribution is 7.89. The highest BCUT2D eigenvalue weighted by Gasteiger charge is 2.31. The van der Waals surface area contributed by atoms with Crippen molar-refractivity contribution >= 4 is 16.0 Å². The van der Waals surface area contributed by atoms with Crippen LogP contribution in [0.1, 0.15) is 20.3 Å². The highest BCUT2D eigenvalue weighted by Crippen LogP contribution is 2.05. The predicted octanol–water partition coefficient (Wildman–Crippen LogP) is -0.194. The van der Waals surface area contributed by atoms with E-state index in [4.69, 9.17) is 9.84 Å². The van der Waals surface area contributed by atoms with Crippen molar-refractivity contribution in [3.05, 3.63) is 0 Å². The van der Waals surface area contributed by atoms with Crippen LogP contribution >= 0.6 is 0 Å². The van der Waals surface area contributed by atoms with Crippen LogP contribution < -0.4 is 4.72 Å². The lowest BCUT2D eigenvalue weighted by Crippen LogP contribution is -2.50. The number of carbonyl (C=O) groups is 1. The van der Waals surface area contributed by atoms with Crippen LogP contribution in [-0.2, 0) is 19.6 Å². The summed E-state index contributed by atoms with van der Waals surface area (Å²) in [6.07, 6.45) is 0.335. The molecule has 0 fully saturated rings. The van der Waals surface area contributed by atoms with Gasteiger partial charge in [-0.2, -0.15) is 4.72 Å². The van der Waals surface area contributed by atoms with Gasteiger partial charge in [-0.3, -0.25) is 4.79 Å². The van der Waals surface area contributed by atoms with Gasteiger partial charge < -0.3 is 9.84 Å². The number of methoxy groups -OCH3 is 1. The van der Waals surface area contributed by atoms with E-state index in [1.807, 2.05) is 0 Å². The summed E-state index contributed by atoms with van der Waals surface area (Å²) in [7, 11) is -2.09. The Morgan fingerprint density at radius 2 is 2.00 bits per heavy atom. The predicted molar refractivity (Wildman–Crippen MR) is 55.1 cm³/mol. The van der Waals surface area contributed by atoms with Crippen LogP contribution in [0.3, 0.4) is 0 Å². The number of sulfonamides is 1. The normalized spacial score (nSPS) is 12.7. The average molecular weight is 239 g/mol. The summed E-state index contributed by atoms with van der Waals surface area (Å²) in [5.41, 5.74) is -1.48. The van der Waals surface area contributed by atoms with Gasteiger partial charge in [-0.15, -0.1) is 0 Å². The molecule has 0 saturated heterocycles. The van der Waals surface area contributed by atoms with Crippen molar-refractivity contribution < 1.29 is 23.1 Å². The third-order valence-electron chi connectivity index (χ3n) is 1.71. The fourth-order valence-electron chi connectivity index (χ4n) is 0.877. The van der Waals surface area contributed by atoms with Gasteiger partial charge in [0.15, 0.2) is 0 Å². The van der Waals surface area contributed by atoms with Gasteiger partial charge in [-0.25, -0.2) is 8.42 Å². The summed E-state index contributed by atoms with van der Waals surface area (Å²) in [5, 5.41) is 8.72. The molecule has 0 saturated carbocycles. The molecule has 0 radical (unpaired) electrons. The number of hydrogen-bond donors (Lipinski definition) is 2. The molecule has 0 bridgehead atoms. The lowest BCUT2D eigenvalue weighted by molar-refractivity contribution is -0.142. The molecule has 0 aliphatic carbocycles. The van der Waals surface area contributed by atoms with Gasteiger partial charge in [-0.05, 0) is 20.3 Å². The fourth-order valence-corrected chi connectivity index (χ4v) is 2.34. The minimum atomic E-state index is -3.57. The first-order valence-corrected chi connectivity index (χ1v) is 6.10. The van der Waals surface area contributed by atoms with Crippen LogP contribution in [-0.4, -0.2) is 44.5 Å². The van der Waals surface area contributed by atoms with Gasteiger partial charge in [0, 0.05) is 13.7 Å². The zero-order valence-electron chi connectivity index (χ0n) is 9.11. The molecule has 0 unspecified atom stereocenters. The molecule has 0 aromatic heterocycles. The van der Waals surface area contributed by atoms with E-state index in [2.05, 4.69) is 4.72 Å². The molecule has 0 aromatic carbocycles. The minimum Gasteiger partial charge on any atom is -0.480 e. The molecule has 90 valence electrons. The average Bonchev–Trinajstić information content (AvgIpc) is 2.01. The van der Waals surface area contributed by atoms with Gasteiger partial charge >= 0.3 is 5.97 Å². The third kappa shape index (κ3) is 5.71. The Bertz CT molecular complexity index is 309. The summed E-state index contributed by atoms with van der Waals surface area (Å²) in [6.45, 7) is 2.92. The molecule has 0 aliphatic rings. The first-order valence-electron chi connectivity index (χ1n) is 4.45.